The standard InChI is InChI=1S/C6H8BN/c1-5-2-3-8-6(7)4-5/h2-4,6,8H,1H3. The highest BCUT2D eigenvalue weighted by Gasteiger charge is 1.95. The van der Waals surface area contributed by atoms with E-state index >= 15 is 0 Å². The van der Waals surface area contributed by atoms with Gasteiger partial charge in [0.15, 0.2) is 0 Å². The molecule has 0 aliphatic carbocycles. The maximum atomic E-state index is 5.49. The molecule has 0 saturated carbocycles. The smallest absolute Gasteiger partial charge is 0.104 e. The summed E-state index contributed by atoms with van der Waals surface area (Å²) in [6, 6.07) is 0. The van der Waals surface area contributed by atoms with Gasteiger partial charge in [-0.3, -0.25) is 0 Å². The molecule has 0 fully saturated rings. The van der Waals surface area contributed by atoms with Crippen molar-refractivity contribution >= 4 is 7.85 Å². The summed E-state index contributed by atoms with van der Waals surface area (Å²) in [7, 11) is 5.49. The minimum atomic E-state index is 0.0139. The maximum Gasteiger partial charge on any atom is 0.104 e. The Morgan fingerprint density at radius 1 is 1.75 bits per heavy atom. The second-order valence-corrected chi connectivity index (χ2v) is 1.94. The third-order valence-electron chi connectivity index (χ3n) is 1.08. The van der Waals surface area contributed by atoms with E-state index in [0.717, 1.165) is 0 Å². The molecule has 0 aromatic heterocycles. The fourth-order valence-corrected chi connectivity index (χ4v) is 0.678. The monoisotopic (exact) mass is 105 g/mol. The van der Waals surface area contributed by atoms with E-state index in [9.17, 15) is 0 Å². The predicted octanol–water partition coefficient (Wildman–Crippen LogP) is 0.544. The van der Waals surface area contributed by atoms with Crippen LogP contribution < -0.4 is 5.32 Å². The van der Waals surface area contributed by atoms with Gasteiger partial charge in [-0.25, -0.2) is 0 Å². The van der Waals surface area contributed by atoms with Gasteiger partial charge in [0.1, 0.15) is 7.85 Å². The average Bonchev–Trinajstić information content (AvgIpc) is 1.64. The SMILES string of the molecule is [B]C1C=C(C)C=CN1. The Bertz CT molecular complexity index is 137. The zero-order chi connectivity index (χ0) is 5.98. The first kappa shape index (κ1) is 5.48. The van der Waals surface area contributed by atoms with Crippen LogP contribution in [0.15, 0.2) is 23.9 Å². The van der Waals surface area contributed by atoms with Crippen LogP contribution in [0.2, 0.25) is 0 Å². The Labute approximate surface area is 50.9 Å². The van der Waals surface area contributed by atoms with Crippen molar-refractivity contribution in [3.05, 3.63) is 23.9 Å². The molecule has 2 radical (unpaired) electrons. The van der Waals surface area contributed by atoms with Crippen molar-refractivity contribution in [1.29, 1.82) is 0 Å². The molecule has 0 saturated heterocycles. The zero-order valence-electron chi connectivity index (χ0n) is 4.89. The zero-order valence-corrected chi connectivity index (χ0v) is 4.89. The van der Waals surface area contributed by atoms with Gasteiger partial charge >= 0.3 is 0 Å². The van der Waals surface area contributed by atoms with E-state index in [1.54, 1.807) is 0 Å². The first-order valence-electron chi connectivity index (χ1n) is 2.65. The summed E-state index contributed by atoms with van der Waals surface area (Å²) in [4.78, 5) is 0. The summed E-state index contributed by atoms with van der Waals surface area (Å²) in [5.74, 6) is 0.0139. The van der Waals surface area contributed by atoms with Gasteiger partial charge < -0.3 is 5.32 Å². The molecule has 1 aliphatic heterocycles. The predicted molar refractivity (Wildman–Crippen MR) is 35.6 cm³/mol. The number of hydrogen-bond donors (Lipinski definition) is 1. The lowest BCUT2D eigenvalue weighted by Gasteiger charge is -2.11. The molecule has 2 heteroatoms. The summed E-state index contributed by atoms with van der Waals surface area (Å²) in [6.07, 6.45) is 5.82. The normalized spacial score (nSPS) is 26.6. The van der Waals surface area contributed by atoms with Crippen LogP contribution in [0.5, 0.6) is 0 Å². The molecule has 1 rings (SSSR count). The molecular weight excluding hydrogens is 96.9 g/mol. The summed E-state index contributed by atoms with van der Waals surface area (Å²) in [5, 5.41) is 2.93. The quantitative estimate of drug-likeness (QED) is 0.443. The van der Waals surface area contributed by atoms with Crippen LogP contribution in [-0.2, 0) is 0 Å². The van der Waals surface area contributed by atoms with E-state index in [1.807, 2.05) is 25.3 Å². The molecule has 0 amide bonds. The summed E-state index contributed by atoms with van der Waals surface area (Å²) >= 11 is 0. The Kier molecular flexibility index (Phi) is 1.42. The van der Waals surface area contributed by atoms with Crippen LogP contribution in [0.3, 0.4) is 0 Å². The number of nitrogens with one attached hydrogen (secondary N) is 1. The van der Waals surface area contributed by atoms with Crippen molar-refractivity contribution in [3.63, 3.8) is 0 Å². The van der Waals surface area contributed by atoms with Crippen LogP contribution in [0.1, 0.15) is 6.92 Å². The molecule has 8 heavy (non-hydrogen) atoms. The van der Waals surface area contributed by atoms with Crippen molar-refractivity contribution in [2.45, 2.75) is 12.9 Å². The third-order valence-corrected chi connectivity index (χ3v) is 1.08. The first-order valence-corrected chi connectivity index (χ1v) is 2.65. The molecule has 1 heterocycles. The molecule has 40 valence electrons. The highest BCUT2D eigenvalue weighted by molar-refractivity contribution is 6.13. The van der Waals surface area contributed by atoms with Gasteiger partial charge in [0.05, 0.1) is 0 Å². The van der Waals surface area contributed by atoms with Gasteiger partial charge in [-0.15, -0.1) is 0 Å². The van der Waals surface area contributed by atoms with Crippen LogP contribution >= 0.6 is 0 Å². The second-order valence-electron chi connectivity index (χ2n) is 1.94. The van der Waals surface area contributed by atoms with Crippen LogP contribution in [0.4, 0.5) is 0 Å². The van der Waals surface area contributed by atoms with Crippen molar-refractivity contribution in [2.24, 2.45) is 0 Å². The van der Waals surface area contributed by atoms with Gasteiger partial charge in [-0.1, -0.05) is 11.6 Å². The van der Waals surface area contributed by atoms with E-state index in [2.05, 4.69) is 5.32 Å². The summed E-state index contributed by atoms with van der Waals surface area (Å²) in [5.41, 5.74) is 1.22. The second kappa shape index (κ2) is 2.08. The highest BCUT2D eigenvalue weighted by Crippen LogP contribution is 1.99. The Morgan fingerprint density at radius 2 is 2.50 bits per heavy atom. The Balaban J connectivity index is 2.63. The van der Waals surface area contributed by atoms with Crippen LogP contribution in [-0.4, -0.2) is 13.8 Å². The van der Waals surface area contributed by atoms with Gasteiger partial charge in [-0.2, -0.15) is 0 Å². The molecule has 0 aromatic carbocycles. The molecular formula is C6H8BN. The molecule has 0 aromatic rings. The van der Waals surface area contributed by atoms with E-state index in [0.29, 0.717) is 0 Å². The molecule has 0 spiro atoms. The fourth-order valence-electron chi connectivity index (χ4n) is 0.678. The van der Waals surface area contributed by atoms with Gasteiger partial charge in [0.2, 0.25) is 0 Å². The number of hydrogen-bond acceptors (Lipinski definition) is 1. The minimum absolute atomic E-state index is 0.0139. The third kappa shape index (κ3) is 1.16. The van der Waals surface area contributed by atoms with Crippen molar-refractivity contribution in [1.82, 2.24) is 5.32 Å². The summed E-state index contributed by atoms with van der Waals surface area (Å²) in [6.45, 7) is 2.02. The van der Waals surface area contributed by atoms with E-state index in [4.69, 9.17) is 7.85 Å². The van der Waals surface area contributed by atoms with E-state index < -0.39 is 0 Å². The van der Waals surface area contributed by atoms with E-state index in [-0.39, 0.29) is 5.94 Å². The van der Waals surface area contributed by atoms with Crippen molar-refractivity contribution < 1.29 is 0 Å². The summed E-state index contributed by atoms with van der Waals surface area (Å²) < 4.78 is 0. The van der Waals surface area contributed by atoms with Gasteiger partial charge in [-0.05, 0) is 19.2 Å². The highest BCUT2D eigenvalue weighted by atomic mass is 14.9. The maximum absolute atomic E-state index is 5.49. The number of rotatable bonds is 0. The largest absolute Gasteiger partial charge is 0.393 e. The lowest BCUT2D eigenvalue weighted by Crippen LogP contribution is -2.24. The molecule has 1 N–H and O–H groups in total. The topological polar surface area (TPSA) is 12.0 Å². The average molecular weight is 105 g/mol. The van der Waals surface area contributed by atoms with Crippen molar-refractivity contribution in [2.75, 3.05) is 0 Å². The Hall–Kier alpha value is -0.655. The lowest BCUT2D eigenvalue weighted by atomic mass is 9.93. The number of allylic oxidation sites excluding steroid dienone is 2. The van der Waals surface area contributed by atoms with Crippen molar-refractivity contribution in [3.8, 4) is 0 Å². The number of dihydropyridines is 1. The molecule has 1 atom stereocenters. The first-order chi connectivity index (χ1) is 3.79. The molecule has 1 unspecified atom stereocenters. The minimum Gasteiger partial charge on any atom is -0.393 e. The van der Waals surface area contributed by atoms with Crippen LogP contribution in [0.25, 0.3) is 0 Å². The van der Waals surface area contributed by atoms with E-state index in [1.165, 1.54) is 5.57 Å². The lowest BCUT2D eigenvalue weighted by molar-refractivity contribution is 0.889. The van der Waals surface area contributed by atoms with Crippen LogP contribution in [0, 0.1) is 0 Å². The molecule has 0 bridgehead atoms. The van der Waals surface area contributed by atoms with Gasteiger partial charge in [0, 0.05) is 5.94 Å². The molecule has 1 aliphatic rings. The fraction of sp³-hybridized carbons (Fsp3) is 0.333. The molecule has 1 nitrogen and oxygen atoms in total. The Morgan fingerprint density at radius 3 is 2.88 bits per heavy atom. The van der Waals surface area contributed by atoms with Gasteiger partial charge in [0.25, 0.3) is 0 Å².